The van der Waals surface area contributed by atoms with Crippen molar-refractivity contribution < 1.29 is 0 Å². The number of nitrogen functional groups attached to an aromatic ring is 4. The van der Waals surface area contributed by atoms with Gasteiger partial charge in [0.05, 0.1) is 36.9 Å². The molecular formula is C14H18N8. The predicted molar refractivity (Wildman–Crippen MR) is 86.7 cm³/mol. The maximum absolute atomic E-state index is 5.90. The topological polar surface area (TPSA) is 140 Å². The molecule has 1 aromatic carbocycles. The van der Waals surface area contributed by atoms with Gasteiger partial charge in [-0.3, -0.25) is 0 Å². The van der Waals surface area contributed by atoms with Crippen molar-refractivity contribution in [1.82, 2.24) is 19.6 Å². The maximum Gasteiger partial charge on any atom is 0.145 e. The molecule has 0 radical (unpaired) electrons. The molecule has 0 atom stereocenters. The normalized spacial score (nSPS) is 10.9. The minimum absolute atomic E-state index is 0.456. The molecule has 0 aliphatic heterocycles. The van der Waals surface area contributed by atoms with Crippen LogP contribution in [0.5, 0.6) is 0 Å². The van der Waals surface area contributed by atoms with E-state index < -0.39 is 0 Å². The first kappa shape index (κ1) is 13.8. The summed E-state index contributed by atoms with van der Waals surface area (Å²) in [6, 6.07) is 7.94. The summed E-state index contributed by atoms with van der Waals surface area (Å²) in [6.45, 7) is 1.05. The van der Waals surface area contributed by atoms with Crippen molar-refractivity contribution in [2.75, 3.05) is 22.9 Å². The van der Waals surface area contributed by atoms with E-state index >= 15 is 0 Å². The Morgan fingerprint density at radius 2 is 1.14 bits per heavy atom. The molecule has 0 bridgehead atoms. The molecule has 0 saturated carbocycles. The standard InChI is InChI=1S/C14H18N8/c15-11-5-19-21(13(11)17)7-9-3-1-2-4-10(9)8-22-14(18)12(16)6-20-22/h1-6H,7-8,15-18H2. The molecule has 2 heterocycles. The third-order valence-electron chi connectivity index (χ3n) is 3.58. The number of nitrogens with zero attached hydrogens (tertiary/aromatic N) is 4. The Hall–Kier alpha value is -3.16. The second kappa shape index (κ2) is 5.32. The molecular weight excluding hydrogens is 280 g/mol. The monoisotopic (exact) mass is 298 g/mol. The van der Waals surface area contributed by atoms with Gasteiger partial charge < -0.3 is 22.9 Å². The van der Waals surface area contributed by atoms with Gasteiger partial charge in [0.25, 0.3) is 0 Å². The number of hydrogen-bond donors (Lipinski definition) is 4. The minimum atomic E-state index is 0.456. The molecule has 8 heteroatoms. The number of nitrogens with two attached hydrogens (primary N) is 4. The Labute approximate surface area is 127 Å². The second-order valence-electron chi connectivity index (χ2n) is 5.05. The number of hydrogen-bond acceptors (Lipinski definition) is 6. The van der Waals surface area contributed by atoms with Crippen LogP contribution in [0.3, 0.4) is 0 Å². The highest BCUT2D eigenvalue weighted by Gasteiger charge is 2.10. The third kappa shape index (κ3) is 2.41. The van der Waals surface area contributed by atoms with Gasteiger partial charge >= 0.3 is 0 Å². The fourth-order valence-electron chi connectivity index (χ4n) is 2.26. The fraction of sp³-hybridized carbons (Fsp3) is 0.143. The molecule has 0 aliphatic carbocycles. The van der Waals surface area contributed by atoms with E-state index in [2.05, 4.69) is 10.2 Å². The van der Waals surface area contributed by atoms with Crippen molar-refractivity contribution in [3.63, 3.8) is 0 Å². The van der Waals surface area contributed by atoms with Crippen LogP contribution in [0.4, 0.5) is 23.0 Å². The highest BCUT2D eigenvalue weighted by Crippen LogP contribution is 2.19. The van der Waals surface area contributed by atoms with Crippen LogP contribution in [-0.2, 0) is 13.1 Å². The molecule has 3 aromatic rings. The number of benzene rings is 1. The molecule has 114 valence electrons. The molecule has 8 nitrogen and oxygen atoms in total. The van der Waals surface area contributed by atoms with Gasteiger partial charge in [0.2, 0.25) is 0 Å². The smallest absolute Gasteiger partial charge is 0.145 e. The van der Waals surface area contributed by atoms with E-state index in [0.717, 1.165) is 11.1 Å². The van der Waals surface area contributed by atoms with E-state index in [0.29, 0.717) is 36.1 Å². The maximum atomic E-state index is 5.90. The second-order valence-corrected chi connectivity index (χ2v) is 5.05. The predicted octanol–water partition coefficient (Wildman–Crippen LogP) is 0.505. The first-order valence-corrected chi connectivity index (χ1v) is 6.76. The van der Waals surface area contributed by atoms with E-state index in [-0.39, 0.29) is 0 Å². The van der Waals surface area contributed by atoms with E-state index in [4.69, 9.17) is 22.9 Å². The third-order valence-corrected chi connectivity index (χ3v) is 3.58. The number of anilines is 4. The largest absolute Gasteiger partial charge is 0.394 e. The zero-order valence-corrected chi connectivity index (χ0v) is 12.0. The number of rotatable bonds is 4. The van der Waals surface area contributed by atoms with Gasteiger partial charge in [-0.15, -0.1) is 0 Å². The Balaban J connectivity index is 1.90. The van der Waals surface area contributed by atoms with Gasteiger partial charge in [0.1, 0.15) is 11.6 Å². The lowest BCUT2D eigenvalue weighted by Gasteiger charge is -2.12. The summed E-state index contributed by atoms with van der Waals surface area (Å²) in [4.78, 5) is 0. The summed E-state index contributed by atoms with van der Waals surface area (Å²) in [5, 5.41) is 8.36. The SMILES string of the molecule is Nc1cnn(Cc2ccccc2Cn2ncc(N)c2N)c1N. The molecule has 8 N–H and O–H groups in total. The molecule has 0 unspecified atom stereocenters. The van der Waals surface area contributed by atoms with Crippen LogP contribution in [0.15, 0.2) is 36.7 Å². The average molecular weight is 298 g/mol. The quantitative estimate of drug-likeness (QED) is 0.553. The summed E-state index contributed by atoms with van der Waals surface area (Å²) in [5.41, 5.74) is 26.3. The van der Waals surface area contributed by atoms with Crippen LogP contribution in [0.1, 0.15) is 11.1 Å². The van der Waals surface area contributed by atoms with Crippen molar-refractivity contribution in [2.45, 2.75) is 13.1 Å². The summed E-state index contributed by atoms with van der Waals surface area (Å²) < 4.78 is 3.32. The summed E-state index contributed by atoms with van der Waals surface area (Å²) >= 11 is 0. The van der Waals surface area contributed by atoms with E-state index in [9.17, 15) is 0 Å². The van der Waals surface area contributed by atoms with Crippen LogP contribution >= 0.6 is 0 Å². The van der Waals surface area contributed by atoms with Gasteiger partial charge in [-0.05, 0) is 11.1 Å². The van der Waals surface area contributed by atoms with Gasteiger partial charge in [-0.1, -0.05) is 24.3 Å². The van der Waals surface area contributed by atoms with Gasteiger partial charge in [0, 0.05) is 0 Å². The Kier molecular flexibility index (Phi) is 3.34. The van der Waals surface area contributed by atoms with Gasteiger partial charge in [0.15, 0.2) is 0 Å². The van der Waals surface area contributed by atoms with Crippen molar-refractivity contribution in [3.05, 3.63) is 47.8 Å². The molecule has 0 amide bonds. The Morgan fingerprint density at radius 3 is 1.45 bits per heavy atom. The van der Waals surface area contributed by atoms with Gasteiger partial charge in [-0.2, -0.15) is 10.2 Å². The first-order valence-electron chi connectivity index (χ1n) is 6.76. The van der Waals surface area contributed by atoms with Crippen molar-refractivity contribution in [2.24, 2.45) is 0 Å². The molecule has 2 aromatic heterocycles. The van der Waals surface area contributed by atoms with Crippen LogP contribution < -0.4 is 22.9 Å². The molecule has 0 aliphatic rings. The summed E-state index contributed by atoms with van der Waals surface area (Å²) in [6.07, 6.45) is 3.09. The van der Waals surface area contributed by atoms with Gasteiger partial charge in [-0.25, -0.2) is 9.36 Å². The van der Waals surface area contributed by atoms with E-state index in [1.165, 1.54) is 0 Å². The Bertz CT molecular complexity index is 734. The highest BCUT2D eigenvalue weighted by molar-refractivity contribution is 5.58. The zero-order chi connectivity index (χ0) is 15.7. The average Bonchev–Trinajstić information content (AvgIpc) is 2.99. The van der Waals surface area contributed by atoms with E-state index in [1.54, 1.807) is 21.8 Å². The summed E-state index contributed by atoms with van der Waals surface area (Å²) in [7, 11) is 0. The summed E-state index contributed by atoms with van der Waals surface area (Å²) in [5.74, 6) is 0.912. The number of aromatic nitrogens is 4. The fourth-order valence-corrected chi connectivity index (χ4v) is 2.26. The van der Waals surface area contributed by atoms with Crippen LogP contribution in [-0.4, -0.2) is 19.6 Å². The van der Waals surface area contributed by atoms with E-state index in [1.807, 2.05) is 24.3 Å². The van der Waals surface area contributed by atoms with Crippen molar-refractivity contribution >= 4 is 23.0 Å². The van der Waals surface area contributed by atoms with Crippen LogP contribution in [0.2, 0.25) is 0 Å². The Morgan fingerprint density at radius 1 is 0.727 bits per heavy atom. The van der Waals surface area contributed by atoms with Crippen LogP contribution in [0, 0.1) is 0 Å². The minimum Gasteiger partial charge on any atom is -0.394 e. The highest BCUT2D eigenvalue weighted by atomic mass is 15.3. The first-order chi connectivity index (χ1) is 10.6. The van der Waals surface area contributed by atoms with Crippen molar-refractivity contribution in [1.29, 1.82) is 0 Å². The zero-order valence-electron chi connectivity index (χ0n) is 12.0. The lowest BCUT2D eigenvalue weighted by Crippen LogP contribution is -2.12. The molecule has 0 fully saturated rings. The molecule has 3 rings (SSSR count). The molecule has 0 saturated heterocycles. The molecule has 22 heavy (non-hydrogen) atoms. The van der Waals surface area contributed by atoms with Crippen LogP contribution in [0.25, 0.3) is 0 Å². The van der Waals surface area contributed by atoms with Crippen molar-refractivity contribution in [3.8, 4) is 0 Å². The molecule has 0 spiro atoms. The lowest BCUT2D eigenvalue weighted by molar-refractivity contribution is 0.662. The lowest BCUT2D eigenvalue weighted by atomic mass is 10.1.